The number of rotatable bonds is 5. The number of sulfone groups is 1. The van der Waals surface area contributed by atoms with E-state index in [1.807, 2.05) is 6.92 Å². The van der Waals surface area contributed by atoms with Gasteiger partial charge in [0.25, 0.3) is 5.91 Å². The number of benzene rings is 1. The summed E-state index contributed by atoms with van der Waals surface area (Å²) in [4.78, 5) is 13.8. The summed E-state index contributed by atoms with van der Waals surface area (Å²) in [5.74, 6) is 0.517. The smallest absolute Gasteiger partial charge is 0.260 e. The monoisotopic (exact) mass is 312 g/mol. The predicted molar refractivity (Wildman–Crippen MR) is 80.8 cm³/mol. The Labute approximate surface area is 124 Å². The van der Waals surface area contributed by atoms with Gasteiger partial charge in [0.15, 0.2) is 16.4 Å². The Kier molecular flexibility index (Phi) is 4.72. The summed E-state index contributed by atoms with van der Waals surface area (Å²) >= 11 is 0. The maximum atomic E-state index is 12.2. The Bertz CT molecular complexity index is 615. The summed E-state index contributed by atoms with van der Waals surface area (Å²) < 4.78 is 28.5. The molecule has 1 aliphatic rings. The number of amides is 1. The van der Waals surface area contributed by atoms with Crippen molar-refractivity contribution in [3.05, 3.63) is 24.3 Å². The molecule has 2 rings (SSSR count). The Morgan fingerprint density at radius 3 is 2.81 bits per heavy atom. The Hall–Kier alpha value is -1.76. The SMILES string of the molecule is CCN(C(=O)COc1cccc(N)c1)C1CCS(=O)(=O)C1. The number of nitrogen functional groups attached to an aromatic ring is 1. The van der Waals surface area contributed by atoms with Gasteiger partial charge in [-0.25, -0.2) is 8.42 Å². The van der Waals surface area contributed by atoms with Gasteiger partial charge in [-0.15, -0.1) is 0 Å². The molecular formula is C14H20N2O4S. The van der Waals surface area contributed by atoms with Crippen LogP contribution in [0.25, 0.3) is 0 Å². The first kappa shape index (κ1) is 15.6. The highest BCUT2D eigenvalue weighted by Gasteiger charge is 2.33. The van der Waals surface area contributed by atoms with Crippen LogP contribution in [-0.4, -0.2) is 49.9 Å². The highest BCUT2D eigenvalue weighted by atomic mass is 32.2. The normalized spacial score (nSPS) is 20.1. The van der Waals surface area contributed by atoms with Gasteiger partial charge in [0.2, 0.25) is 0 Å². The lowest BCUT2D eigenvalue weighted by molar-refractivity contribution is -0.135. The summed E-state index contributed by atoms with van der Waals surface area (Å²) in [7, 11) is -3.01. The van der Waals surface area contributed by atoms with Crippen LogP contribution in [0.4, 0.5) is 5.69 Å². The molecule has 1 amide bonds. The zero-order valence-corrected chi connectivity index (χ0v) is 12.8. The van der Waals surface area contributed by atoms with Crippen molar-refractivity contribution >= 4 is 21.4 Å². The molecule has 1 atom stereocenters. The zero-order chi connectivity index (χ0) is 15.5. The third-order valence-corrected chi connectivity index (χ3v) is 5.28. The fraction of sp³-hybridized carbons (Fsp3) is 0.500. The van der Waals surface area contributed by atoms with E-state index in [0.29, 0.717) is 24.4 Å². The molecule has 1 saturated heterocycles. The standard InChI is InChI=1S/C14H20N2O4S/c1-2-16(12-6-7-21(18,19)10-12)14(17)9-20-13-5-3-4-11(15)8-13/h3-5,8,12H,2,6-7,9-10,15H2,1H3. The van der Waals surface area contributed by atoms with E-state index in [1.165, 1.54) is 0 Å². The second-order valence-electron chi connectivity index (χ2n) is 5.10. The van der Waals surface area contributed by atoms with Crippen LogP contribution in [0.15, 0.2) is 24.3 Å². The predicted octanol–water partition coefficient (Wildman–Crippen LogP) is 0.683. The van der Waals surface area contributed by atoms with Gasteiger partial charge in [-0.3, -0.25) is 4.79 Å². The molecule has 0 radical (unpaired) electrons. The maximum absolute atomic E-state index is 12.2. The van der Waals surface area contributed by atoms with Gasteiger partial charge in [0.05, 0.1) is 11.5 Å². The van der Waals surface area contributed by atoms with E-state index in [9.17, 15) is 13.2 Å². The molecule has 0 bridgehead atoms. The van der Waals surface area contributed by atoms with E-state index < -0.39 is 9.84 Å². The fourth-order valence-corrected chi connectivity index (χ4v) is 4.22. The van der Waals surface area contributed by atoms with Crippen LogP contribution in [0.5, 0.6) is 5.75 Å². The molecule has 6 nitrogen and oxygen atoms in total. The average molecular weight is 312 g/mol. The van der Waals surface area contributed by atoms with Crippen LogP contribution in [0.2, 0.25) is 0 Å². The highest BCUT2D eigenvalue weighted by molar-refractivity contribution is 7.91. The summed E-state index contributed by atoms with van der Waals surface area (Å²) in [5, 5.41) is 0. The number of hydrogen-bond acceptors (Lipinski definition) is 5. The van der Waals surface area contributed by atoms with E-state index in [1.54, 1.807) is 29.2 Å². The molecule has 0 saturated carbocycles. The molecule has 0 aromatic heterocycles. The molecule has 1 aliphatic heterocycles. The van der Waals surface area contributed by atoms with Crippen molar-refractivity contribution in [3.8, 4) is 5.75 Å². The van der Waals surface area contributed by atoms with Gasteiger partial charge < -0.3 is 15.4 Å². The van der Waals surface area contributed by atoms with Gasteiger partial charge in [-0.2, -0.15) is 0 Å². The van der Waals surface area contributed by atoms with Gasteiger partial charge in [-0.05, 0) is 25.5 Å². The van der Waals surface area contributed by atoms with Crippen LogP contribution in [0.1, 0.15) is 13.3 Å². The topological polar surface area (TPSA) is 89.7 Å². The van der Waals surface area contributed by atoms with Crippen LogP contribution >= 0.6 is 0 Å². The molecule has 7 heteroatoms. The van der Waals surface area contributed by atoms with Crippen LogP contribution < -0.4 is 10.5 Å². The summed E-state index contributed by atoms with van der Waals surface area (Å²) in [6.07, 6.45) is 0.500. The average Bonchev–Trinajstić information content (AvgIpc) is 2.77. The minimum atomic E-state index is -3.01. The number of anilines is 1. The molecule has 21 heavy (non-hydrogen) atoms. The maximum Gasteiger partial charge on any atom is 0.260 e. The van der Waals surface area contributed by atoms with Crippen molar-refractivity contribution in [1.82, 2.24) is 4.90 Å². The largest absolute Gasteiger partial charge is 0.484 e. The molecule has 1 aromatic carbocycles. The lowest BCUT2D eigenvalue weighted by Gasteiger charge is -2.26. The first-order valence-electron chi connectivity index (χ1n) is 6.89. The number of hydrogen-bond donors (Lipinski definition) is 1. The summed E-state index contributed by atoms with van der Waals surface area (Å²) in [5.41, 5.74) is 6.20. The van der Waals surface area contributed by atoms with Crippen molar-refractivity contribution < 1.29 is 17.9 Å². The molecule has 1 heterocycles. The third-order valence-electron chi connectivity index (χ3n) is 3.53. The lowest BCUT2D eigenvalue weighted by Crippen LogP contribution is -2.43. The molecule has 1 unspecified atom stereocenters. The van der Waals surface area contributed by atoms with E-state index in [2.05, 4.69) is 0 Å². The van der Waals surface area contributed by atoms with Gasteiger partial charge in [-0.1, -0.05) is 6.07 Å². The molecule has 0 aliphatic carbocycles. The minimum absolute atomic E-state index is 0.0465. The van der Waals surface area contributed by atoms with E-state index >= 15 is 0 Å². The van der Waals surface area contributed by atoms with Crippen molar-refractivity contribution in [2.24, 2.45) is 0 Å². The van der Waals surface area contributed by atoms with Crippen molar-refractivity contribution in [2.75, 3.05) is 30.4 Å². The summed E-state index contributed by atoms with van der Waals surface area (Å²) in [6.45, 7) is 2.19. The van der Waals surface area contributed by atoms with Gasteiger partial charge >= 0.3 is 0 Å². The highest BCUT2D eigenvalue weighted by Crippen LogP contribution is 2.19. The number of ether oxygens (including phenoxy) is 1. The zero-order valence-electron chi connectivity index (χ0n) is 12.0. The molecule has 0 spiro atoms. The number of nitrogens with two attached hydrogens (primary N) is 1. The van der Waals surface area contributed by atoms with E-state index in [-0.39, 0.29) is 30.1 Å². The second-order valence-corrected chi connectivity index (χ2v) is 7.33. The Morgan fingerprint density at radius 2 is 2.24 bits per heavy atom. The Balaban J connectivity index is 1.95. The van der Waals surface area contributed by atoms with Crippen molar-refractivity contribution in [2.45, 2.75) is 19.4 Å². The number of nitrogens with zero attached hydrogens (tertiary/aromatic N) is 1. The first-order valence-corrected chi connectivity index (χ1v) is 8.71. The number of likely N-dealkylation sites (N-methyl/N-ethyl adjacent to an activating group) is 1. The Morgan fingerprint density at radius 1 is 1.48 bits per heavy atom. The summed E-state index contributed by atoms with van der Waals surface area (Å²) in [6, 6.07) is 6.60. The minimum Gasteiger partial charge on any atom is -0.484 e. The van der Waals surface area contributed by atoms with E-state index in [4.69, 9.17) is 10.5 Å². The van der Waals surface area contributed by atoms with Crippen LogP contribution in [0.3, 0.4) is 0 Å². The molecular weight excluding hydrogens is 292 g/mol. The lowest BCUT2D eigenvalue weighted by atomic mass is 10.2. The molecule has 2 N–H and O–H groups in total. The van der Waals surface area contributed by atoms with Gasteiger partial charge in [0.1, 0.15) is 5.75 Å². The molecule has 1 aromatic rings. The molecule has 1 fully saturated rings. The number of carbonyl (C=O) groups excluding carboxylic acids is 1. The quantitative estimate of drug-likeness (QED) is 0.808. The first-order chi connectivity index (χ1) is 9.91. The molecule has 116 valence electrons. The third kappa shape index (κ3) is 4.10. The van der Waals surface area contributed by atoms with E-state index in [0.717, 1.165) is 0 Å². The van der Waals surface area contributed by atoms with Crippen LogP contribution in [0, 0.1) is 0 Å². The second kappa shape index (κ2) is 6.34. The van der Waals surface area contributed by atoms with Crippen molar-refractivity contribution in [3.63, 3.8) is 0 Å². The van der Waals surface area contributed by atoms with Crippen LogP contribution in [-0.2, 0) is 14.6 Å². The fourth-order valence-electron chi connectivity index (χ4n) is 2.49. The van der Waals surface area contributed by atoms with Gasteiger partial charge in [0, 0.05) is 24.3 Å². The number of carbonyl (C=O) groups is 1. The van der Waals surface area contributed by atoms with Crippen molar-refractivity contribution in [1.29, 1.82) is 0 Å².